The Labute approximate surface area is 222 Å². The fraction of sp³-hybridized carbons (Fsp3) is 0.156. The minimum Gasteiger partial charge on any atom is -0.463 e. The Kier molecular flexibility index (Phi) is 7.47. The van der Waals surface area contributed by atoms with Crippen LogP contribution in [0, 0.1) is 11.3 Å². The zero-order chi connectivity index (χ0) is 26.3. The van der Waals surface area contributed by atoms with Crippen LogP contribution in [0.1, 0.15) is 42.2 Å². The quantitative estimate of drug-likeness (QED) is 0.289. The van der Waals surface area contributed by atoms with Gasteiger partial charge in [-0.15, -0.1) is 0 Å². The van der Waals surface area contributed by atoms with Crippen LogP contribution in [0.3, 0.4) is 0 Å². The largest absolute Gasteiger partial charge is 0.463 e. The number of hydrogen-bond donors (Lipinski definition) is 1. The van der Waals surface area contributed by atoms with E-state index in [1.807, 2.05) is 110 Å². The monoisotopic (exact) mass is 500 g/mol. The molecule has 38 heavy (non-hydrogen) atoms. The van der Waals surface area contributed by atoms with Crippen LogP contribution in [0.15, 0.2) is 121 Å². The van der Waals surface area contributed by atoms with Crippen LogP contribution in [-0.2, 0) is 9.53 Å². The fourth-order valence-electron chi connectivity index (χ4n) is 4.96. The van der Waals surface area contributed by atoms with Crippen molar-refractivity contribution in [3.05, 3.63) is 137 Å². The van der Waals surface area contributed by atoms with Gasteiger partial charge < -0.3 is 15.0 Å². The summed E-state index contributed by atoms with van der Waals surface area (Å²) in [6.45, 7) is 2.08. The zero-order valence-electron chi connectivity index (χ0n) is 21.1. The summed E-state index contributed by atoms with van der Waals surface area (Å²) < 4.78 is 5.63. The summed E-state index contributed by atoms with van der Waals surface area (Å²) in [6.07, 6.45) is 2.27. The van der Waals surface area contributed by atoms with E-state index in [0.717, 1.165) is 28.3 Å². The van der Waals surface area contributed by atoms with E-state index in [0.29, 0.717) is 17.6 Å². The third kappa shape index (κ3) is 5.14. The second-order valence-electron chi connectivity index (χ2n) is 8.96. The number of hydrogen-bond acceptors (Lipinski definition) is 6. The van der Waals surface area contributed by atoms with E-state index in [-0.39, 0.29) is 18.6 Å². The van der Waals surface area contributed by atoms with Crippen molar-refractivity contribution in [2.24, 2.45) is 0 Å². The molecule has 6 nitrogen and oxygen atoms in total. The minimum absolute atomic E-state index is 0.151. The predicted molar refractivity (Wildman–Crippen MR) is 148 cm³/mol. The third-order valence-corrected chi connectivity index (χ3v) is 6.62. The van der Waals surface area contributed by atoms with E-state index >= 15 is 0 Å². The molecule has 2 heterocycles. The van der Waals surface area contributed by atoms with Gasteiger partial charge in [0.1, 0.15) is 6.04 Å². The van der Waals surface area contributed by atoms with Crippen molar-refractivity contribution in [1.82, 2.24) is 4.98 Å². The molecule has 2 unspecified atom stereocenters. The van der Waals surface area contributed by atoms with Crippen molar-refractivity contribution in [2.45, 2.75) is 25.4 Å². The summed E-state index contributed by atoms with van der Waals surface area (Å²) in [5, 5.41) is 12.9. The lowest BCUT2D eigenvalue weighted by atomic mass is 9.85. The van der Waals surface area contributed by atoms with Crippen molar-refractivity contribution in [3.63, 3.8) is 0 Å². The maximum Gasteiger partial charge on any atom is 0.338 e. The maximum absolute atomic E-state index is 13.7. The van der Waals surface area contributed by atoms with Gasteiger partial charge in [-0.25, -0.2) is 4.79 Å². The highest BCUT2D eigenvalue weighted by Crippen LogP contribution is 2.47. The van der Waals surface area contributed by atoms with Crippen molar-refractivity contribution in [2.75, 3.05) is 16.8 Å². The van der Waals surface area contributed by atoms with Crippen LogP contribution in [0.2, 0.25) is 0 Å². The molecule has 1 aliphatic rings. The van der Waals surface area contributed by atoms with E-state index in [2.05, 4.69) is 16.3 Å². The highest BCUT2D eigenvalue weighted by molar-refractivity contribution is 5.93. The Bertz CT molecular complexity index is 1450. The first-order chi connectivity index (χ1) is 18.7. The van der Waals surface area contributed by atoms with Gasteiger partial charge in [-0.05, 0) is 61.0 Å². The number of nitriles is 1. The van der Waals surface area contributed by atoms with E-state index in [4.69, 9.17) is 9.72 Å². The molecule has 0 bridgehead atoms. The Hall–Kier alpha value is -4.89. The van der Waals surface area contributed by atoms with Gasteiger partial charge in [0.2, 0.25) is 0 Å². The van der Waals surface area contributed by atoms with E-state index in [9.17, 15) is 10.1 Å². The van der Waals surface area contributed by atoms with Crippen molar-refractivity contribution >= 4 is 17.3 Å². The molecule has 188 valence electrons. The van der Waals surface area contributed by atoms with Crippen molar-refractivity contribution in [3.8, 4) is 6.07 Å². The lowest BCUT2D eigenvalue weighted by Crippen LogP contribution is -2.42. The molecule has 0 spiro atoms. The van der Waals surface area contributed by atoms with Crippen LogP contribution in [0.5, 0.6) is 0 Å². The first-order valence-electron chi connectivity index (χ1n) is 12.7. The number of rotatable bonds is 7. The van der Waals surface area contributed by atoms with E-state index < -0.39 is 6.04 Å². The molecule has 0 aliphatic carbocycles. The number of aromatic nitrogens is 1. The van der Waals surface area contributed by atoms with Crippen molar-refractivity contribution < 1.29 is 9.53 Å². The number of nitrogens with one attached hydrogen (secondary N) is 1. The second-order valence-corrected chi connectivity index (χ2v) is 8.96. The summed E-state index contributed by atoms with van der Waals surface area (Å²) in [5.74, 6) is -0.374. The molecule has 3 aromatic carbocycles. The molecular formula is C32H28N4O2. The molecule has 1 aromatic heterocycles. The summed E-state index contributed by atoms with van der Waals surface area (Å²) in [5.41, 5.74) is 5.53. The molecule has 1 N–H and O–H groups in total. The topological polar surface area (TPSA) is 78.2 Å². The maximum atomic E-state index is 13.7. The van der Waals surface area contributed by atoms with Crippen LogP contribution >= 0.6 is 0 Å². The van der Waals surface area contributed by atoms with Gasteiger partial charge in [-0.3, -0.25) is 4.98 Å². The second kappa shape index (κ2) is 11.4. The number of esters is 1. The Morgan fingerprint density at radius 1 is 0.974 bits per heavy atom. The summed E-state index contributed by atoms with van der Waals surface area (Å²) >= 11 is 0. The lowest BCUT2D eigenvalue weighted by Gasteiger charge is -2.45. The Balaban J connectivity index is 1.76. The van der Waals surface area contributed by atoms with Crippen LogP contribution < -0.4 is 10.2 Å². The first kappa shape index (κ1) is 24.8. The molecule has 4 aromatic rings. The molecule has 0 radical (unpaired) electrons. The van der Waals surface area contributed by atoms with Gasteiger partial charge >= 0.3 is 5.97 Å². The predicted octanol–water partition coefficient (Wildman–Crippen LogP) is 6.58. The minimum atomic E-state index is -0.516. The molecule has 0 fully saturated rings. The number of anilines is 2. The molecular weight excluding hydrogens is 472 g/mol. The number of ether oxygens (including phenoxy) is 1. The average Bonchev–Trinajstić information content (AvgIpc) is 2.98. The third-order valence-electron chi connectivity index (χ3n) is 6.62. The molecule has 6 heteroatoms. The van der Waals surface area contributed by atoms with Gasteiger partial charge in [0.25, 0.3) is 0 Å². The van der Waals surface area contributed by atoms with E-state index in [1.54, 1.807) is 6.20 Å². The highest BCUT2D eigenvalue weighted by atomic mass is 16.5. The average molecular weight is 501 g/mol. The standard InChI is InChI=1S/C32H28N4O2/c1-2-38-32(37)30-28(35-25-11-5-3-6-12-25)21-29(24-18-16-23(22-33)17-19-24)36(26-13-7-4-8-14-26)31(30)27-15-9-10-20-34-27/h3-20,29,31,35H,2,21H2,1H3. The number of para-hydroxylation sites is 2. The first-order valence-corrected chi connectivity index (χ1v) is 12.7. The van der Waals surface area contributed by atoms with Gasteiger partial charge in [0.15, 0.2) is 0 Å². The highest BCUT2D eigenvalue weighted by Gasteiger charge is 2.42. The van der Waals surface area contributed by atoms with Crippen LogP contribution in [0.4, 0.5) is 11.4 Å². The van der Waals surface area contributed by atoms with Gasteiger partial charge in [-0.2, -0.15) is 5.26 Å². The molecule has 0 saturated heterocycles. The normalized spacial score (nSPS) is 17.0. The number of pyridine rings is 1. The summed E-state index contributed by atoms with van der Waals surface area (Å²) in [7, 11) is 0. The van der Waals surface area contributed by atoms with Gasteiger partial charge in [0.05, 0.1) is 35.5 Å². The van der Waals surface area contributed by atoms with Crippen LogP contribution in [-0.4, -0.2) is 17.6 Å². The number of nitrogens with zero attached hydrogens (tertiary/aromatic N) is 3. The SMILES string of the molecule is CCOC(=O)C1=C(Nc2ccccc2)CC(c2ccc(C#N)cc2)N(c2ccccc2)C1c1ccccn1. The Morgan fingerprint density at radius 3 is 2.29 bits per heavy atom. The molecule has 5 rings (SSSR count). The van der Waals surface area contributed by atoms with Gasteiger partial charge in [-0.1, -0.05) is 54.6 Å². The van der Waals surface area contributed by atoms with E-state index in [1.165, 1.54) is 0 Å². The molecule has 2 atom stereocenters. The molecule has 0 amide bonds. The molecule has 1 aliphatic heterocycles. The van der Waals surface area contributed by atoms with Crippen LogP contribution in [0.25, 0.3) is 0 Å². The summed E-state index contributed by atoms with van der Waals surface area (Å²) in [6, 6.07) is 34.8. The summed E-state index contributed by atoms with van der Waals surface area (Å²) in [4.78, 5) is 20.6. The number of carbonyl (C=O) groups excluding carboxylic acids is 1. The number of benzene rings is 3. The number of carbonyl (C=O) groups is 1. The zero-order valence-corrected chi connectivity index (χ0v) is 21.1. The molecule has 0 saturated carbocycles. The van der Waals surface area contributed by atoms with Gasteiger partial charge in [0, 0.05) is 29.7 Å². The lowest BCUT2D eigenvalue weighted by molar-refractivity contribution is -0.139. The Morgan fingerprint density at radius 2 is 1.66 bits per heavy atom. The fourth-order valence-corrected chi connectivity index (χ4v) is 4.96. The van der Waals surface area contributed by atoms with Crippen molar-refractivity contribution in [1.29, 1.82) is 5.26 Å². The smallest absolute Gasteiger partial charge is 0.338 e.